The zero-order chi connectivity index (χ0) is 7.65. The van der Waals surface area contributed by atoms with Gasteiger partial charge in [-0.05, 0) is 5.41 Å². The van der Waals surface area contributed by atoms with Crippen molar-refractivity contribution >= 4 is 17.6 Å². The average Bonchev–Trinajstić information content (AvgIpc) is 1.62. The lowest BCUT2D eigenvalue weighted by Crippen LogP contribution is -2.28. The van der Waals surface area contributed by atoms with Gasteiger partial charge in [-0.2, -0.15) is 0 Å². The van der Waals surface area contributed by atoms with Crippen LogP contribution in [0.4, 0.5) is 0 Å². The second-order valence-electron chi connectivity index (χ2n) is 3.07. The van der Waals surface area contributed by atoms with E-state index in [4.69, 9.17) is 16.7 Å². The van der Waals surface area contributed by atoms with Crippen LogP contribution >= 0.6 is 11.6 Å². The molecular formula is C6H11ClO2. The van der Waals surface area contributed by atoms with Crippen molar-refractivity contribution in [1.82, 2.24) is 0 Å². The minimum atomic E-state index is -0.954. The van der Waals surface area contributed by atoms with Crippen molar-refractivity contribution in [3.05, 3.63) is 0 Å². The third kappa shape index (κ3) is 2.70. The number of carboxylic acids is 1. The quantitative estimate of drug-likeness (QED) is 0.578. The maximum Gasteiger partial charge on any atom is 0.322 e. The second-order valence-corrected chi connectivity index (χ2v) is 3.50. The zero-order valence-electron chi connectivity index (χ0n) is 5.81. The van der Waals surface area contributed by atoms with Crippen LogP contribution in [0.1, 0.15) is 20.8 Å². The molecule has 2 nitrogen and oxygen atoms in total. The van der Waals surface area contributed by atoms with E-state index in [1.54, 1.807) is 20.8 Å². The fraction of sp³-hybridized carbons (Fsp3) is 0.833. The molecule has 0 amide bonds. The Kier molecular flexibility index (Phi) is 2.50. The zero-order valence-corrected chi connectivity index (χ0v) is 6.57. The van der Waals surface area contributed by atoms with E-state index < -0.39 is 11.3 Å². The molecule has 0 aromatic rings. The van der Waals surface area contributed by atoms with Crippen LogP contribution in [0.3, 0.4) is 0 Å². The predicted octanol–water partition coefficient (Wildman–Crippen LogP) is 1.72. The van der Waals surface area contributed by atoms with Crippen LogP contribution in [0.25, 0.3) is 0 Å². The van der Waals surface area contributed by atoms with Crippen molar-refractivity contribution in [2.75, 3.05) is 0 Å². The first-order valence-corrected chi connectivity index (χ1v) is 3.16. The Morgan fingerprint density at radius 3 is 1.89 bits per heavy atom. The van der Waals surface area contributed by atoms with Gasteiger partial charge in [0.05, 0.1) is 0 Å². The van der Waals surface area contributed by atoms with Gasteiger partial charge in [-0.15, -0.1) is 11.6 Å². The summed E-state index contributed by atoms with van der Waals surface area (Å²) >= 11 is 5.49. The fourth-order valence-corrected chi connectivity index (χ4v) is 0.370. The Labute approximate surface area is 59.8 Å². The Morgan fingerprint density at radius 1 is 1.56 bits per heavy atom. The molecule has 9 heavy (non-hydrogen) atoms. The number of hydrogen-bond acceptors (Lipinski definition) is 1. The van der Waals surface area contributed by atoms with Gasteiger partial charge in [-0.25, -0.2) is 0 Å². The molecule has 0 heterocycles. The van der Waals surface area contributed by atoms with Crippen LogP contribution in [0, 0.1) is 5.41 Å². The lowest BCUT2D eigenvalue weighted by atomic mass is 9.92. The Morgan fingerprint density at radius 2 is 1.89 bits per heavy atom. The number of rotatable bonds is 1. The average molecular weight is 151 g/mol. The van der Waals surface area contributed by atoms with Gasteiger partial charge in [0, 0.05) is 0 Å². The number of carboxylic acid groups (broad SMARTS) is 1. The highest BCUT2D eigenvalue weighted by Gasteiger charge is 2.28. The molecule has 0 rings (SSSR count). The minimum absolute atomic E-state index is 0.354. The first kappa shape index (κ1) is 8.76. The number of halogens is 1. The lowest BCUT2D eigenvalue weighted by molar-refractivity contribution is -0.138. The highest BCUT2D eigenvalue weighted by Crippen LogP contribution is 2.23. The van der Waals surface area contributed by atoms with Crippen molar-refractivity contribution in [3.63, 3.8) is 0 Å². The van der Waals surface area contributed by atoms with Gasteiger partial charge in [-0.3, -0.25) is 4.79 Å². The molecule has 0 radical (unpaired) electrons. The summed E-state index contributed by atoms with van der Waals surface area (Å²) in [6.45, 7) is 5.37. The van der Waals surface area contributed by atoms with Gasteiger partial charge < -0.3 is 5.11 Å². The normalized spacial score (nSPS) is 15.1. The molecule has 0 aromatic carbocycles. The summed E-state index contributed by atoms with van der Waals surface area (Å²) in [5.41, 5.74) is -0.354. The largest absolute Gasteiger partial charge is 0.480 e. The first-order chi connectivity index (χ1) is 3.85. The standard InChI is InChI=1S/C6H11ClO2/c1-6(2,3)4(7)5(8)9/h4H,1-3H3,(H,8,9)/t4-/m1/s1. The molecule has 0 saturated heterocycles. The van der Waals surface area contributed by atoms with E-state index >= 15 is 0 Å². The SMILES string of the molecule is CC(C)(C)[C@H](Cl)C(=O)O. The summed E-state index contributed by atoms with van der Waals surface area (Å²) in [6.07, 6.45) is 0. The minimum Gasteiger partial charge on any atom is -0.480 e. The van der Waals surface area contributed by atoms with Crippen molar-refractivity contribution in [1.29, 1.82) is 0 Å². The Balaban J connectivity index is 4.04. The topological polar surface area (TPSA) is 37.3 Å². The Bertz CT molecular complexity index is 115. The van der Waals surface area contributed by atoms with E-state index in [1.165, 1.54) is 0 Å². The van der Waals surface area contributed by atoms with Gasteiger partial charge in [0.25, 0.3) is 0 Å². The third-order valence-electron chi connectivity index (χ3n) is 0.977. The molecule has 1 N–H and O–H groups in total. The van der Waals surface area contributed by atoms with E-state index in [-0.39, 0.29) is 5.41 Å². The van der Waals surface area contributed by atoms with Gasteiger partial charge in [0.2, 0.25) is 0 Å². The van der Waals surface area contributed by atoms with Crippen molar-refractivity contribution in [3.8, 4) is 0 Å². The van der Waals surface area contributed by atoms with Gasteiger partial charge in [-0.1, -0.05) is 20.8 Å². The molecule has 1 atom stereocenters. The Hall–Kier alpha value is -0.240. The predicted molar refractivity (Wildman–Crippen MR) is 36.7 cm³/mol. The van der Waals surface area contributed by atoms with Crippen LogP contribution in [0.5, 0.6) is 0 Å². The summed E-state index contributed by atoms with van der Waals surface area (Å²) in [4.78, 5) is 10.2. The second kappa shape index (κ2) is 2.56. The van der Waals surface area contributed by atoms with Crippen LogP contribution in [-0.2, 0) is 4.79 Å². The van der Waals surface area contributed by atoms with Crippen molar-refractivity contribution in [2.24, 2.45) is 5.41 Å². The molecule has 0 aliphatic carbocycles. The van der Waals surface area contributed by atoms with E-state index in [1.807, 2.05) is 0 Å². The number of alkyl halides is 1. The molecule has 0 saturated carbocycles. The number of aliphatic carboxylic acids is 1. The summed E-state index contributed by atoms with van der Waals surface area (Å²) in [5, 5.41) is 7.59. The van der Waals surface area contributed by atoms with Crippen molar-refractivity contribution in [2.45, 2.75) is 26.1 Å². The molecule has 0 fully saturated rings. The summed E-state index contributed by atoms with van der Waals surface area (Å²) < 4.78 is 0. The summed E-state index contributed by atoms with van der Waals surface area (Å²) in [7, 11) is 0. The van der Waals surface area contributed by atoms with Crippen LogP contribution in [-0.4, -0.2) is 16.5 Å². The molecule has 0 aromatic heterocycles. The third-order valence-corrected chi connectivity index (χ3v) is 1.82. The molecule has 0 bridgehead atoms. The smallest absolute Gasteiger partial charge is 0.322 e. The maximum absolute atomic E-state index is 10.2. The first-order valence-electron chi connectivity index (χ1n) is 2.72. The van der Waals surface area contributed by atoms with E-state index in [0.29, 0.717) is 0 Å². The van der Waals surface area contributed by atoms with E-state index in [0.717, 1.165) is 0 Å². The van der Waals surface area contributed by atoms with E-state index in [9.17, 15) is 4.79 Å². The van der Waals surface area contributed by atoms with E-state index in [2.05, 4.69) is 0 Å². The van der Waals surface area contributed by atoms with Crippen LogP contribution < -0.4 is 0 Å². The number of hydrogen-bond donors (Lipinski definition) is 1. The van der Waals surface area contributed by atoms with Gasteiger partial charge in [0.1, 0.15) is 5.38 Å². The highest BCUT2D eigenvalue weighted by molar-refractivity contribution is 6.30. The monoisotopic (exact) mass is 150 g/mol. The van der Waals surface area contributed by atoms with Crippen LogP contribution in [0.2, 0.25) is 0 Å². The molecule has 0 unspecified atom stereocenters. The number of carbonyl (C=O) groups is 1. The molecule has 0 aliphatic heterocycles. The van der Waals surface area contributed by atoms with Crippen molar-refractivity contribution < 1.29 is 9.90 Å². The summed E-state index contributed by atoms with van der Waals surface area (Å²) in [6, 6.07) is 0. The van der Waals surface area contributed by atoms with Gasteiger partial charge in [0.15, 0.2) is 0 Å². The molecule has 3 heteroatoms. The molecule has 0 aliphatic rings. The van der Waals surface area contributed by atoms with Crippen LogP contribution in [0.15, 0.2) is 0 Å². The molecule has 54 valence electrons. The molecular weight excluding hydrogens is 140 g/mol. The summed E-state index contributed by atoms with van der Waals surface area (Å²) in [5.74, 6) is -0.954. The maximum atomic E-state index is 10.2. The fourth-order valence-electron chi connectivity index (χ4n) is 0.370. The molecule has 0 spiro atoms. The highest BCUT2D eigenvalue weighted by atomic mass is 35.5. The van der Waals surface area contributed by atoms with Gasteiger partial charge >= 0.3 is 5.97 Å². The lowest BCUT2D eigenvalue weighted by Gasteiger charge is -2.20.